The van der Waals surface area contributed by atoms with E-state index < -0.39 is 5.41 Å². The first-order valence-electron chi connectivity index (χ1n) is 15.0. The van der Waals surface area contributed by atoms with Gasteiger partial charge in [0.1, 0.15) is 11.4 Å². The lowest BCUT2D eigenvalue weighted by Crippen LogP contribution is -2.50. The van der Waals surface area contributed by atoms with E-state index in [1.807, 2.05) is 72.8 Å². The van der Waals surface area contributed by atoms with Crippen molar-refractivity contribution in [2.45, 2.75) is 32.2 Å². The molecule has 2 heterocycles. The normalized spacial score (nSPS) is 17.7. The van der Waals surface area contributed by atoms with Gasteiger partial charge in [0.2, 0.25) is 5.91 Å². The van der Waals surface area contributed by atoms with E-state index in [9.17, 15) is 14.4 Å². The molecule has 3 amide bonds. The Kier molecular flexibility index (Phi) is 10.2. The van der Waals surface area contributed by atoms with Gasteiger partial charge >= 0.3 is 0 Å². The second-order valence-electron chi connectivity index (χ2n) is 11.1. The lowest BCUT2D eigenvalue weighted by atomic mass is 9.76. The molecular formula is C34H39N5O5. The van der Waals surface area contributed by atoms with Crippen LogP contribution in [0.1, 0.15) is 34.5 Å². The number of benzene rings is 3. The van der Waals surface area contributed by atoms with Crippen molar-refractivity contribution in [3.63, 3.8) is 0 Å². The SMILES string of the molecule is COCCCC1(C(=O)NCCc2ccccc2)CNC(=O)c2c3ccccc3nn2CCNC(=O)COc2cccc(c2)C1. The van der Waals surface area contributed by atoms with Crippen molar-refractivity contribution in [3.8, 4) is 5.75 Å². The Morgan fingerprint density at radius 1 is 1.05 bits per heavy atom. The lowest BCUT2D eigenvalue weighted by molar-refractivity contribution is -0.131. The number of hydrogen-bond donors (Lipinski definition) is 3. The maximum Gasteiger partial charge on any atom is 0.270 e. The number of methoxy groups -OCH3 is 1. The highest BCUT2D eigenvalue weighted by Crippen LogP contribution is 2.31. The predicted molar refractivity (Wildman–Crippen MR) is 167 cm³/mol. The Morgan fingerprint density at radius 2 is 1.86 bits per heavy atom. The number of nitrogens with zero attached hydrogens (tertiary/aromatic N) is 2. The minimum atomic E-state index is -0.988. The van der Waals surface area contributed by atoms with Crippen LogP contribution in [0.15, 0.2) is 78.9 Å². The molecule has 1 aliphatic rings. The fourth-order valence-electron chi connectivity index (χ4n) is 5.67. The van der Waals surface area contributed by atoms with Gasteiger partial charge in [-0.05, 0) is 55.0 Å². The zero-order valence-electron chi connectivity index (χ0n) is 25.0. The molecule has 0 saturated carbocycles. The third kappa shape index (κ3) is 7.62. The van der Waals surface area contributed by atoms with E-state index in [1.54, 1.807) is 17.9 Å². The lowest BCUT2D eigenvalue weighted by Gasteiger charge is -2.33. The molecule has 2 bridgehead atoms. The maximum atomic E-state index is 14.2. The quantitative estimate of drug-likeness (QED) is 0.268. The second kappa shape index (κ2) is 14.7. The van der Waals surface area contributed by atoms with Crippen LogP contribution in [-0.4, -0.2) is 67.5 Å². The Morgan fingerprint density at radius 3 is 2.70 bits per heavy atom. The summed E-state index contributed by atoms with van der Waals surface area (Å²) < 4.78 is 12.8. The van der Waals surface area contributed by atoms with Crippen molar-refractivity contribution in [2.75, 3.05) is 40.0 Å². The Bertz CT molecular complexity index is 1590. The molecular weight excluding hydrogens is 558 g/mol. The van der Waals surface area contributed by atoms with Crippen LogP contribution in [0.2, 0.25) is 0 Å². The van der Waals surface area contributed by atoms with E-state index in [2.05, 4.69) is 21.0 Å². The Hall–Kier alpha value is -4.70. The number of ether oxygens (including phenoxy) is 2. The molecule has 1 atom stereocenters. The van der Waals surface area contributed by atoms with E-state index in [1.165, 1.54) is 0 Å². The highest BCUT2D eigenvalue weighted by Gasteiger charge is 2.39. The van der Waals surface area contributed by atoms with Crippen molar-refractivity contribution in [2.24, 2.45) is 5.41 Å². The first-order chi connectivity index (χ1) is 21.5. The molecule has 0 saturated heterocycles. The third-order valence-corrected chi connectivity index (χ3v) is 7.93. The number of nitrogens with one attached hydrogen (secondary N) is 3. The van der Waals surface area contributed by atoms with Gasteiger partial charge < -0.3 is 25.4 Å². The number of amides is 3. The van der Waals surface area contributed by atoms with Crippen LogP contribution in [0.5, 0.6) is 5.75 Å². The van der Waals surface area contributed by atoms with Crippen LogP contribution in [0.3, 0.4) is 0 Å². The van der Waals surface area contributed by atoms with Crippen molar-refractivity contribution in [1.82, 2.24) is 25.7 Å². The number of carbonyl (C=O) groups excluding carboxylic acids is 3. The fraction of sp³-hybridized carbons (Fsp3) is 0.353. The van der Waals surface area contributed by atoms with Crippen LogP contribution in [0.4, 0.5) is 0 Å². The minimum Gasteiger partial charge on any atom is -0.484 e. The maximum absolute atomic E-state index is 14.2. The van der Waals surface area contributed by atoms with Crippen LogP contribution >= 0.6 is 0 Å². The first kappa shape index (κ1) is 30.7. The highest BCUT2D eigenvalue weighted by atomic mass is 16.5. The van der Waals surface area contributed by atoms with Gasteiger partial charge in [-0.25, -0.2) is 0 Å². The smallest absolute Gasteiger partial charge is 0.270 e. The molecule has 0 aliphatic carbocycles. The van der Waals surface area contributed by atoms with Gasteiger partial charge in [0.15, 0.2) is 6.61 Å². The van der Waals surface area contributed by atoms with Gasteiger partial charge in [0.25, 0.3) is 11.8 Å². The molecule has 1 unspecified atom stereocenters. The van der Waals surface area contributed by atoms with Crippen molar-refractivity contribution in [3.05, 3.63) is 95.7 Å². The molecule has 5 rings (SSSR count). The molecule has 0 fully saturated rings. The largest absolute Gasteiger partial charge is 0.484 e. The Balaban J connectivity index is 1.49. The average Bonchev–Trinajstić information content (AvgIpc) is 3.41. The molecule has 1 aliphatic heterocycles. The van der Waals surface area contributed by atoms with Gasteiger partial charge in [0.05, 0.1) is 17.5 Å². The standard InChI is InChI=1S/C34H39N5O5/c1-43-20-8-16-34(33(42)36-17-15-25-9-3-2-4-10-25)22-26-11-7-12-27(21-26)44-23-30(40)35-18-19-39-31(32(41)37-24-34)28-13-5-6-14-29(28)38-39/h2-7,9-14,21H,8,15-20,22-24H2,1H3,(H,35,40)(H,36,42)(H,37,41). The molecule has 0 spiro atoms. The van der Waals surface area contributed by atoms with Crippen LogP contribution in [-0.2, 0) is 33.7 Å². The Labute approximate surface area is 257 Å². The third-order valence-electron chi connectivity index (χ3n) is 7.93. The van der Waals surface area contributed by atoms with Crippen LogP contribution in [0, 0.1) is 5.41 Å². The summed E-state index contributed by atoms with van der Waals surface area (Å²) in [5.41, 5.74) is 2.05. The number of rotatable bonds is 8. The van der Waals surface area contributed by atoms with Crippen LogP contribution < -0.4 is 20.7 Å². The topological polar surface area (TPSA) is 124 Å². The number of carbonyl (C=O) groups is 3. The van der Waals surface area contributed by atoms with Crippen molar-refractivity contribution < 1.29 is 23.9 Å². The van der Waals surface area contributed by atoms with E-state index in [4.69, 9.17) is 9.47 Å². The van der Waals surface area contributed by atoms with Gasteiger partial charge in [-0.1, -0.05) is 60.7 Å². The first-order valence-corrected chi connectivity index (χ1v) is 15.0. The molecule has 4 aromatic rings. The molecule has 230 valence electrons. The fourth-order valence-corrected chi connectivity index (χ4v) is 5.67. The second-order valence-corrected chi connectivity index (χ2v) is 11.1. The number of aromatic nitrogens is 2. The molecule has 1 aromatic heterocycles. The molecule has 10 heteroatoms. The number of fused-ring (bicyclic) bond motifs is 5. The molecule has 3 N–H and O–H groups in total. The van der Waals surface area contributed by atoms with E-state index in [-0.39, 0.29) is 44.0 Å². The monoisotopic (exact) mass is 597 g/mol. The molecule has 3 aromatic carbocycles. The minimum absolute atomic E-state index is 0.105. The van der Waals surface area contributed by atoms with E-state index in [0.717, 1.165) is 11.1 Å². The van der Waals surface area contributed by atoms with Gasteiger partial charge in [-0.15, -0.1) is 0 Å². The van der Waals surface area contributed by atoms with Gasteiger partial charge in [-0.3, -0.25) is 19.1 Å². The van der Waals surface area contributed by atoms with E-state index in [0.29, 0.717) is 61.2 Å². The van der Waals surface area contributed by atoms with Gasteiger partial charge in [0, 0.05) is 38.7 Å². The van der Waals surface area contributed by atoms with Crippen LogP contribution in [0.25, 0.3) is 10.9 Å². The summed E-state index contributed by atoms with van der Waals surface area (Å²) in [6.45, 7) is 1.44. The summed E-state index contributed by atoms with van der Waals surface area (Å²) in [4.78, 5) is 40.7. The molecule has 44 heavy (non-hydrogen) atoms. The zero-order valence-corrected chi connectivity index (χ0v) is 25.0. The molecule has 0 radical (unpaired) electrons. The summed E-state index contributed by atoms with van der Waals surface area (Å²) in [5.74, 6) is -0.223. The summed E-state index contributed by atoms with van der Waals surface area (Å²) in [6, 6.07) is 24.8. The number of hydrogen-bond acceptors (Lipinski definition) is 6. The predicted octanol–water partition coefficient (Wildman–Crippen LogP) is 3.29. The summed E-state index contributed by atoms with van der Waals surface area (Å²) in [6.07, 6.45) is 2.13. The summed E-state index contributed by atoms with van der Waals surface area (Å²) in [5, 5.41) is 14.4. The highest BCUT2D eigenvalue weighted by molar-refractivity contribution is 6.05. The van der Waals surface area contributed by atoms with E-state index >= 15 is 0 Å². The average molecular weight is 598 g/mol. The zero-order chi connectivity index (χ0) is 30.8. The molecule has 10 nitrogen and oxygen atoms in total. The summed E-state index contributed by atoms with van der Waals surface area (Å²) >= 11 is 0. The van der Waals surface area contributed by atoms with Crippen molar-refractivity contribution >= 4 is 28.6 Å². The summed E-state index contributed by atoms with van der Waals surface area (Å²) in [7, 11) is 1.64. The van der Waals surface area contributed by atoms with Crippen molar-refractivity contribution in [1.29, 1.82) is 0 Å². The van der Waals surface area contributed by atoms with Gasteiger partial charge in [-0.2, -0.15) is 5.10 Å².